The summed E-state index contributed by atoms with van der Waals surface area (Å²) in [6.07, 6.45) is -0.834. The summed E-state index contributed by atoms with van der Waals surface area (Å²) < 4.78 is 37.7. The number of carbonyl (C=O) groups is 1. The Morgan fingerprint density at radius 1 is 1.29 bits per heavy atom. The van der Waals surface area contributed by atoms with Gasteiger partial charge in [0.2, 0.25) is 0 Å². The van der Waals surface area contributed by atoms with E-state index in [0.29, 0.717) is 12.6 Å². The Morgan fingerprint density at radius 2 is 2.00 bits per heavy atom. The van der Waals surface area contributed by atoms with E-state index in [2.05, 4.69) is 17.1 Å². The van der Waals surface area contributed by atoms with Crippen LogP contribution in [0.25, 0.3) is 0 Å². The molecule has 6 heteroatoms. The Labute approximate surface area is 140 Å². The topological polar surface area (TPSA) is 32.3 Å². The summed E-state index contributed by atoms with van der Waals surface area (Å²) in [4.78, 5) is 14.6. The zero-order valence-corrected chi connectivity index (χ0v) is 13.8. The van der Waals surface area contributed by atoms with Gasteiger partial charge in [0.15, 0.2) is 0 Å². The standard InChI is InChI=1S/C18H23F3N2O/c1-2-12-11-23-8-7-14(12)9-16(23)10-22-17(24)13-3-5-15(6-4-13)18(19,20)21/h3-6,12,14,16H,2,7-11H2,1H3,(H,22,24)/t12-,14+,16-/m1/s1. The van der Waals surface area contributed by atoms with Gasteiger partial charge < -0.3 is 5.32 Å². The molecule has 3 fully saturated rings. The number of benzene rings is 1. The van der Waals surface area contributed by atoms with Crippen molar-refractivity contribution in [3.05, 3.63) is 35.4 Å². The number of rotatable bonds is 4. The van der Waals surface area contributed by atoms with Crippen molar-refractivity contribution in [2.24, 2.45) is 11.8 Å². The maximum absolute atomic E-state index is 12.6. The predicted molar refractivity (Wildman–Crippen MR) is 85.6 cm³/mol. The van der Waals surface area contributed by atoms with Crippen LogP contribution in [0.5, 0.6) is 0 Å². The van der Waals surface area contributed by atoms with Crippen LogP contribution in [-0.2, 0) is 6.18 Å². The Hall–Kier alpha value is -1.56. The minimum atomic E-state index is -4.38. The fourth-order valence-corrected chi connectivity index (χ4v) is 4.05. The number of fused-ring (bicyclic) bond motifs is 3. The summed E-state index contributed by atoms with van der Waals surface area (Å²) >= 11 is 0. The molecule has 3 nitrogen and oxygen atoms in total. The third-order valence-electron chi connectivity index (χ3n) is 5.51. The minimum Gasteiger partial charge on any atom is -0.350 e. The maximum atomic E-state index is 12.6. The summed E-state index contributed by atoms with van der Waals surface area (Å²) in [5.41, 5.74) is -0.467. The minimum absolute atomic E-state index is 0.269. The van der Waals surface area contributed by atoms with Crippen LogP contribution in [0.3, 0.4) is 0 Å². The third kappa shape index (κ3) is 3.58. The van der Waals surface area contributed by atoms with Crippen molar-refractivity contribution in [2.75, 3.05) is 19.6 Å². The first-order valence-electron chi connectivity index (χ1n) is 8.58. The van der Waals surface area contributed by atoms with Crippen LogP contribution in [0.4, 0.5) is 13.2 Å². The molecule has 1 unspecified atom stereocenters. The maximum Gasteiger partial charge on any atom is 0.416 e. The zero-order valence-electron chi connectivity index (χ0n) is 13.8. The first kappa shape index (κ1) is 17.3. The van der Waals surface area contributed by atoms with E-state index >= 15 is 0 Å². The lowest BCUT2D eigenvalue weighted by Crippen LogP contribution is -2.56. The van der Waals surface area contributed by atoms with E-state index in [9.17, 15) is 18.0 Å². The summed E-state index contributed by atoms with van der Waals surface area (Å²) in [6, 6.07) is 4.72. The monoisotopic (exact) mass is 340 g/mol. The second-order valence-corrected chi connectivity index (χ2v) is 6.89. The van der Waals surface area contributed by atoms with E-state index in [1.807, 2.05) is 0 Å². The smallest absolute Gasteiger partial charge is 0.350 e. The number of carbonyl (C=O) groups excluding carboxylic acids is 1. The van der Waals surface area contributed by atoms with Crippen LogP contribution in [0.15, 0.2) is 24.3 Å². The Kier molecular flexibility index (Phi) is 4.85. The van der Waals surface area contributed by atoms with Crippen molar-refractivity contribution in [3.63, 3.8) is 0 Å². The number of nitrogens with zero attached hydrogens (tertiary/aromatic N) is 1. The van der Waals surface area contributed by atoms with Crippen LogP contribution in [0.2, 0.25) is 0 Å². The molecule has 0 spiro atoms. The van der Waals surface area contributed by atoms with E-state index in [1.165, 1.54) is 25.0 Å². The van der Waals surface area contributed by atoms with Crippen LogP contribution >= 0.6 is 0 Å². The molecule has 3 aliphatic rings. The highest BCUT2D eigenvalue weighted by Crippen LogP contribution is 2.37. The normalized spacial score (nSPS) is 29.5. The number of hydrogen-bond donors (Lipinski definition) is 1. The summed E-state index contributed by atoms with van der Waals surface area (Å²) in [7, 11) is 0. The van der Waals surface area contributed by atoms with Crippen molar-refractivity contribution in [2.45, 2.75) is 38.4 Å². The van der Waals surface area contributed by atoms with Crippen LogP contribution in [0, 0.1) is 11.8 Å². The molecular formula is C18H23F3N2O. The van der Waals surface area contributed by atoms with Gasteiger partial charge in [0.25, 0.3) is 5.91 Å². The van der Waals surface area contributed by atoms with Gasteiger partial charge in [-0.3, -0.25) is 9.69 Å². The lowest BCUT2D eigenvalue weighted by Gasteiger charge is -2.50. The van der Waals surface area contributed by atoms with E-state index in [1.54, 1.807) is 0 Å². The Balaban J connectivity index is 1.55. The van der Waals surface area contributed by atoms with Crippen LogP contribution < -0.4 is 5.32 Å². The van der Waals surface area contributed by atoms with E-state index in [-0.39, 0.29) is 11.5 Å². The highest BCUT2D eigenvalue weighted by molar-refractivity contribution is 5.94. The van der Waals surface area contributed by atoms with Gasteiger partial charge in [-0.1, -0.05) is 13.3 Å². The number of nitrogens with one attached hydrogen (secondary N) is 1. The highest BCUT2D eigenvalue weighted by atomic mass is 19.4. The molecule has 1 aromatic rings. The molecule has 0 aliphatic carbocycles. The molecule has 4 atom stereocenters. The predicted octanol–water partition coefficient (Wildman–Crippen LogP) is 3.56. The number of halogens is 3. The average molecular weight is 340 g/mol. The molecule has 2 bridgehead atoms. The van der Waals surface area contributed by atoms with E-state index < -0.39 is 11.7 Å². The van der Waals surface area contributed by atoms with Crippen LogP contribution in [0.1, 0.15) is 42.1 Å². The van der Waals surface area contributed by atoms with Gasteiger partial charge in [-0.05, 0) is 55.5 Å². The number of alkyl halides is 3. The zero-order chi connectivity index (χ0) is 17.3. The second-order valence-electron chi connectivity index (χ2n) is 6.89. The number of amides is 1. The van der Waals surface area contributed by atoms with E-state index in [4.69, 9.17) is 0 Å². The molecule has 1 aromatic carbocycles. The Morgan fingerprint density at radius 3 is 2.54 bits per heavy atom. The average Bonchev–Trinajstić information content (AvgIpc) is 2.59. The van der Waals surface area contributed by atoms with Gasteiger partial charge in [-0.15, -0.1) is 0 Å². The first-order chi connectivity index (χ1) is 11.4. The molecule has 1 amide bonds. The van der Waals surface area contributed by atoms with Gasteiger partial charge in [0.1, 0.15) is 0 Å². The lowest BCUT2D eigenvalue weighted by atomic mass is 9.74. The molecular weight excluding hydrogens is 317 g/mol. The molecule has 24 heavy (non-hydrogen) atoms. The van der Waals surface area contributed by atoms with Crippen molar-refractivity contribution >= 4 is 5.91 Å². The summed E-state index contributed by atoms with van der Waals surface area (Å²) in [5, 5.41) is 2.88. The Bertz CT molecular complexity index is 585. The fourth-order valence-electron chi connectivity index (χ4n) is 4.05. The summed E-state index contributed by atoms with van der Waals surface area (Å²) in [6.45, 7) is 4.98. The van der Waals surface area contributed by atoms with Crippen molar-refractivity contribution < 1.29 is 18.0 Å². The largest absolute Gasteiger partial charge is 0.416 e. The van der Waals surface area contributed by atoms with Gasteiger partial charge in [0.05, 0.1) is 5.56 Å². The van der Waals surface area contributed by atoms with E-state index in [0.717, 1.165) is 43.5 Å². The third-order valence-corrected chi connectivity index (χ3v) is 5.51. The molecule has 3 heterocycles. The highest BCUT2D eigenvalue weighted by Gasteiger charge is 2.39. The molecule has 1 N–H and O–H groups in total. The molecule has 0 aromatic heterocycles. The quantitative estimate of drug-likeness (QED) is 0.909. The second kappa shape index (κ2) is 6.75. The molecule has 132 valence electrons. The fraction of sp³-hybridized carbons (Fsp3) is 0.611. The lowest BCUT2D eigenvalue weighted by molar-refractivity contribution is -0.137. The van der Waals surface area contributed by atoms with Crippen molar-refractivity contribution in [1.82, 2.24) is 10.2 Å². The van der Waals surface area contributed by atoms with Gasteiger partial charge in [0, 0.05) is 24.7 Å². The molecule has 3 aliphatic heterocycles. The number of hydrogen-bond acceptors (Lipinski definition) is 2. The first-order valence-corrected chi connectivity index (χ1v) is 8.58. The molecule has 3 saturated heterocycles. The molecule has 0 saturated carbocycles. The molecule has 0 radical (unpaired) electrons. The van der Waals surface area contributed by atoms with Gasteiger partial charge >= 0.3 is 6.18 Å². The van der Waals surface area contributed by atoms with Crippen LogP contribution in [-0.4, -0.2) is 36.5 Å². The SMILES string of the molecule is CC[C@@H]1CN2CC[C@H]1C[C@@H]2CNC(=O)c1ccc(C(F)(F)F)cc1. The molecule has 4 rings (SSSR count). The van der Waals surface area contributed by atoms with Crippen molar-refractivity contribution in [3.8, 4) is 0 Å². The van der Waals surface area contributed by atoms with Gasteiger partial charge in [-0.25, -0.2) is 0 Å². The number of piperidine rings is 3. The summed E-state index contributed by atoms with van der Waals surface area (Å²) in [5.74, 6) is 1.20. The van der Waals surface area contributed by atoms with Gasteiger partial charge in [-0.2, -0.15) is 13.2 Å². The van der Waals surface area contributed by atoms with Crippen molar-refractivity contribution in [1.29, 1.82) is 0 Å².